The minimum absolute atomic E-state index is 0.674. The maximum atomic E-state index is 13.0. The van der Waals surface area contributed by atoms with Gasteiger partial charge in [0.2, 0.25) is 0 Å². The smallest absolute Gasteiger partial charge is 0.337 e. The molecule has 1 aromatic rings. The van der Waals surface area contributed by atoms with Crippen LogP contribution in [0.3, 0.4) is 0 Å². The molecule has 5 nitrogen and oxygen atoms in total. The van der Waals surface area contributed by atoms with Crippen molar-refractivity contribution in [3.8, 4) is 0 Å². The molecule has 0 aromatic heterocycles. The molecule has 1 unspecified atom stereocenters. The first-order valence-corrected chi connectivity index (χ1v) is 5.97. The molecular weight excluding hydrogens is 280 g/mol. The number of aromatic carboxylic acids is 1. The summed E-state index contributed by atoms with van der Waals surface area (Å²) < 4.78 is 47.0. The van der Waals surface area contributed by atoms with E-state index in [9.17, 15) is 22.1 Å². The van der Waals surface area contributed by atoms with Gasteiger partial charge < -0.3 is 5.11 Å². The molecule has 0 aliphatic carbocycles. The first kappa shape index (κ1) is 13.8. The van der Waals surface area contributed by atoms with Crippen LogP contribution in [0.4, 0.5) is 8.87 Å². The van der Waals surface area contributed by atoms with E-state index >= 15 is 0 Å². The fourth-order valence-corrected chi connectivity index (χ4v) is 2.46. The van der Waals surface area contributed by atoms with Gasteiger partial charge in [-0.05, 0) is 12.1 Å². The van der Waals surface area contributed by atoms with Crippen LogP contribution in [-0.4, -0.2) is 29.8 Å². The topological polar surface area (TPSA) is 74.7 Å². The number of carboxylic acids is 1. The zero-order valence-corrected chi connectivity index (χ0v) is 9.62. The molecule has 1 atom stereocenters. The molecule has 0 saturated heterocycles. The van der Waals surface area contributed by atoms with Gasteiger partial charge in [-0.25, -0.2) is 17.6 Å². The normalized spacial score (nSPS) is 13.6. The van der Waals surface area contributed by atoms with Gasteiger partial charge in [-0.3, -0.25) is 0 Å². The summed E-state index contributed by atoms with van der Waals surface area (Å²) in [6.07, 6.45) is 0. The molecule has 1 N–H and O–H groups in total. The van der Waals surface area contributed by atoms with Gasteiger partial charge in [0.25, 0.3) is 15.8 Å². The predicted molar refractivity (Wildman–Crippen MR) is 54.3 cm³/mol. The van der Waals surface area contributed by atoms with Gasteiger partial charge in [0.1, 0.15) is 0 Å². The third-order valence-electron chi connectivity index (χ3n) is 1.78. The lowest BCUT2D eigenvalue weighted by Gasteiger charge is -2.13. The second kappa shape index (κ2) is 4.94. The van der Waals surface area contributed by atoms with Crippen molar-refractivity contribution in [2.24, 2.45) is 0 Å². The maximum Gasteiger partial charge on any atom is 0.337 e. The summed E-state index contributed by atoms with van der Waals surface area (Å²) in [5.74, 6) is -4.51. The van der Waals surface area contributed by atoms with Gasteiger partial charge in [0, 0.05) is 4.53 Å². The number of carbonyl (C=O) groups is 1. The summed E-state index contributed by atoms with van der Waals surface area (Å²) in [4.78, 5) is 9.85. The Morgan fingerprint density at radius 2 is 1.94 bits per heavy atom. The molecule has 0 spiro atoms. The van der Waals surface area contributed by atoms with Gasteiger partial charge in [-0.2, -0.15) is 0 Å². The number of halogens is 3. The fraction of sp³-hybridized carbons (Fsp3) is 0.125. The standard InChI is InChI=1S/C8H6ClF2NO4S/c9-8(10)12(11)17(15,16)6-4-2-1-3-5(6)7(13)14/h1-4,8H,(H,13,14). The highest BCUT2D eigenvalue weighted by Crippen LogP contribution is 2.24. The number of nitrogens with zero attached hydrogens (tertiary/aromatic N) is 1. The Morgan fingerprint density at radius 3 is 2.41 bits per heavy atom. The van der Waals surface area contributed by atoms with Crippen LogP contribution in [0.1, 0.15) is 10.4 Å². The zero-order valence-electron chi connectivity index (χ0n) is 8.05. The van der Waals surface area contributed by atoms with Crippen LogP contribution >= 0.6 is 11.6 Å². The summed E-state index contributed by atoms with van der Waals surface area (Å²) in [5.41, 5.74) is -0.674. The first-order valence-electron chi connectivity index (χ1n) is 4.09. The van der Waals surface area contributed by atoms with E-state index in [1.54, 1.807) is 0 Å². The Morgan fingerprint density at radius 1 is 1.41 bits per heavy atom. The molecule has 94 valence electrons. The van der Waals surface area contributed by atoms with Gasteiger partial charge in [0.05, 0.1) is 10.5 Å². The molecule has 0 heterocycles. The summed E-state index contributed by atoms with van der Waals surface area (Å²) in [7, 11) is -4.94. The molecule has 0 radical (unpaired) electrons. The Kier molecular flexibility index (Phi) is 4.02. The Labute approximate surface area is 100 Å². The number of rotatable bonds is 4. The van der Waals surface area contributed by atoms with Gasteiger partial charge in [-0.1, -0.05) is 23.7 Å². The van der Waals surface area contributed by atoms with Gasteiger partial charge in [-0.15, -0.1) is 4.48 Å². The van der Waals surface area contributed by atoms with Gasteiger partial charge in [0.15, 0.2) is 0 Å². The van der Waals surface area contributed by atoms with E-state index in [4.69, 9.17) is 5.11 Å². The van der Waals surface area contributed by atoms with Crippen LogP contribution in [0.15, 0.2) is 29.2 Å². The second-order valence-corrected chi connectivity index (χ2v) is 4.92. The van der Waals surface area contributed by atoms with E-state index < -0.39 is 36.7 Å². The van der Waals surface area contributed by atoms with Crippen LogP contribution in [0.5, 0.6) is 0 Å². The largest absolute Gasteiger partial charge is 0.478 e. The number of hydrogen-bond donors (Lipinski definition) is 1. The monoisotopic (exact) mass is 285 g/mol. The van der Waals surface area contributed by atoms with Crippen molar-refractivity contribution in [1.82, 2.24) is 4.53 Å². The molecule has 9 heteroatoms. The van der Waals surface area contributed by atoms with Crippen molar-refractivity contribution in [2.75, 3.05) is 0 Å². The quantitative estimate of drug-likeness (QED) is 0.519. The molecule has 17 heavy (non-hydrogen) atoms. The van der Waals surface area contributed by atoms with Crippen LogP contribution in [0.25, 0.3) is 0 Å². The minimum Gasteiger partial charge on any atom is -0.478 e. The van der Waals surface area contributed by atoms with E-state index in [0.717, 1.165) is 12.1 Å². The summed E-state index contributed by atoms with van der Waals surface area (Å²) in [6, 6.07) is 4.21. The summed E-state index contributed by atoms with van der Waals surface area (Å²) >= 11 is 4.65. The van der Waals surface area contributed by atoms with Crippen LogP contribution in [0.2, 0.25) is 0 Å². The van der Waals surface area contributed by atoms with E-state index in [2.05, 4.69) is 11.6 Å². The van der Waals surface area contributed by atoms with Gasteiger partial charge >= 0.3 is 5.97 Å². The Balaban J connectivity index is 3.39. The number of benzene rings is 1. The van der Waals surface area contributed by atoms with E-state index in [1.165, 1.54) is 12.1 Å². The highest BCUT2D eigenvalue weighted by atomic mass is 35.5. The molecule has 0 amide bonds. The summed E-state index contributed by atoms with van der Waals surface area (Å²) in [6.45, 7) is 0. The number of alkyl halides is 2. The van der Waals surface area contributed by atoms with E-state index in [1.807, 2.05) is 0 Å². The van der Waals surface area contributed by atoms with Crippen molar-refractivity contribution in [3.63, 3.8) is 0 Å². The highest BCUT2D eigenvalue weighted by molar-refractivity contribution is 7.89. The van der Waals surface area contributed by atoms with Crippen molar-refractivity contribution in [1.29, 1.82) is 0 Å². The molecule has 1 rings (SSSR count). The molecule has 0 saturated carbocycles. The third-order valence-corrected chi connectivity index (χ3v) is 3.62. The van der Waals surface area contributed by atoms with Crippen molar-refractivity contribution in [3.05, 3.63) is 29.8 Å². The molecule has 0 fully saturated rings. The molecule has 0 bridgehead atoms. The number of hydrogen-bond acceptors (Lipinski definition) is 3. The Bertz CT molecular complexity index is 534. The molecule has 0 aliphatic rings. The van der Waals surface area contributed by atoms with Crippen LogP contribution in [0, 0.1) is 0 Å². The lowest BCUT2D eigenvalue weighted by Crippen LogP contribution is -2.28. The first-order chi connectivity index (χ1) is 7.78. The molecule has 0 aliphatic heterocycles. The average Bonchev–Trinajstić information content (AvgIpc) is 2.27. The Hall–Kier alpha value is -1.25. The lowest BCUT2D eigenvalue weighted by molar-refractivity contribution is 0.0578. The maximum absolute atomic E-state index is 13.0. The number of sulfonamides is 1. The lowest BCUT2D eigenvalue weighted by atomic mass is 10.2. The van der Waals surface area contributed by atoms with Crippen molar-refractivity contribution in [2.45, 2.75) is 10.7 Å². The minimum atomic E-state index is -4.94. The van der Waals surface area contributed by atoms with Crippen molar-refractivity contribution >= 4 is 27.6 Å². The zero-order chi connectivity index (χ0) is 13.2. The molecular formula is C8H6ClF2NO4S. The highest BCUT2D eigenvalue weighted by Gasteiger charge is 2.34. The number of carboxylic acid groups (broad SMARTS) is 1. The fourth-order valence-electron chi connectivity index (χ4n) is 1.07. The van der Waals surface area contributed by atoms with E-state index in [0.29, 0.717) is 0 Å². The molecule has 1 aromatic carbocycles. The van der Waals surface area contributed by atoms with Crippen molar-refractivity contribution < 1.29 is 27.2 Å². The predicted octanol–water partition coefficient (Wildman–Crippen LogP) is 1.75. The second-order valence-electron chi connectivity index (χ2n) is 2.83. The average molecular weight is 286 g/mol. The summed E-state index contributed by atoms with van der Waals surface area (Å²) in [5, 5.41) is 8.72. The van der Waals surface area contributed by atoms with Crippen LogP contribution in [-0.2, 0) is 10.0 Å². The third kappa shape index (κ3) is 2.71. The SMILES string of the molecule is O=C(O)c1ccccc1S(=O)(=O)N(F)C(F)Cl. The van der Waals surface area contributed by atoms with Crippen LogP contribution < -0.4 is 0 Å². The van der Waals surface area contributed by atoms with E-state index in [-0.39, 0.29) is 0 Å².